The fraction of sp³-hybridized carbons (Fsp3) is 0.154. The summed E-state index contributed by atoms with van der Waals surface area (Å²) in [5, 5.41) is 2.58. The number of hydrogen-bond acceptors (Lipinski definition) is 4. The largest absolute Gasteiger partial charge is 0.325 e. The van der Waals surface area contributed by atoms with Crippen LogP contribution < -0.4 is 10.9 Å². The maximum Gasteiger partial charge on any atom is 0.251 e. The summed E-state index contributed by atoms with van der Waals surface area (Å²) in [5.41, 5.74) is 0.243. The van der Waals surface area contributed by atoms with Gasteiger partial charge >= 0.3 is 0 Å². The molecule has 5 nitrogen and oxygen atoms in total. The van der Waals surface area contributed by atoms with Crippen molar-refractivity contribution in [3.05, 3.63) is 52.7 Å². The topological polar surface area (TPSA) is 74.8 Å². The molecule has 104 valence electrons. The van der Waals surface area contributed by atoms with Crippen LogP contribution >= 0.6 is 11.8 Å². The molecule has 1 aromatic heterocycles. The lowest BCUT2D eigenvalue weighted by Gasteiger charge is -2.11. The van der Waals surface area contributed by atoms with Gasteiger partial charge in [0.1, 0.15) is 5.82 Å². The van der Waals surface area contributed by atoms with Crippen LogP contribution in [0.3, 0.4) is 0 Å². The van der Waals surface area contributed by atoms with E-state index in [1.807, 2.05) is 0 Å². The van der Waals surface area contributed by atoms with Crippen LogP contribution in [-0.2, 0) is 4.79 Å². The second kappa shape index (κ2) is 6.33. The second-order valence-electron chi connectivity index (χ2n) is 4.00. The van der Waals surface area contributed by atoms with E-state index in [1.54, 1.807) is 6.92 Å². The van der Waals surface area contributed by atoms with E-state index in [4.69, 9.17) is 0 Å². The van der Waals surface area contributed by atoms with Crippen molar-refractivity contribution in [3.63, 3.8) is 0 Å². The third kappa shape index (κ3) is 3.92. The third-order valence-corrected chi connectivity index (χ3v) is 3.42. The van der Waals surface area contributed by atoms with Gasteiger partial charge in [-0.05, 0) is 31.2 Å². The number of halogens is 1. The SMILES string of the molecule is CC(Sc1nccc(=O)[nH]1)C(=O)Nc1ccc(F)cc1. The summed E-state index contributed by atoms with van der Waals surface area (Å²) in [7, 11) is 0. The Morgan fingerprint density at radius 3 is 2.70 bits per heavy atom. The molecule has 1 unspecified atom stereocenters. The molecular weight excluding hydrogens is 281 g/mol. The molecule has 0 aliphatic rings. The number of anilines is 1. The molecule has 2 rings (SSSR count). The van der Waals surface area contributed by atoms with Crippen LogP contribution in [0.25, 0.3) is 0 Å². The summed E-state index contributed by atoms with van der Waals surface area (Å²) >= 11 is 1.14. The van der Waals surface area contributed by atoms with Gasteiger partial charge in [0.15, 0.2) is 5.16 Å². The zero-order chi connectivity index (χ0) is 14.5. The Morgan fingerprint density at radius 2 is 2.05 bits per heavy atom. The number of aromatic amines is 1. The van der Waals surface area contributed by atoms with E-state index in [0.717, 1.165) is 11.8 Å². The molecule has 1 atom stereocenters. The molecule has 2 aromatic rings. The van der Waals surface area contributed by atoms with E-state index < -0.39 is 5.25 Å². The minimum absolute atomic E-state index is 0.256. The van der Waals surface area contributed by atoms with E-state index in [2.05, 4.69) is 15.3 Å². The summed E-state index contributed by atoms with van der Waals surface area (Å²) in [6.07, 6.45) is 1.38. The number of carbonyl (C=O) groups is 1. The molecule has 20 heavy (non-hydrogen) atoms. The molecule has 0 fully saturated rings. The fourth-order valence-electron chi connectivity index (χ4n) is 1.41. The first-order chi connectivity index (χ1) is 9.54. The van der Waals surface area contributed by atoms with E-state index in [0.29, 0.717) is 10.8 Å². The predicted octanol–water partition coefficient (Wildman–Crippen LogP) is 2.03. The lowest BCUT2D eigenvalue weighted by atomic mass is 10.3. The lowest BCUT2D eigenvalue weighted by Crippen LogP contribution is -2.23. The van der Waals surface area contributed by atoms with Crippen molar-refractivity contribution in [3.8, 4) is 0 Å². The molecule has 1 heterocycles. The highest BCUT2D eigenvalue weighted by atomic mass is 32.2. The van der Waals surface area contributed by atoms with Crippen LogP contribution in [0.1, 0.15) is 6.92 Å². The van der Waals surface area contributed by atoms with Gasteiger partial charge < -0.3 is 10.3 Å². The Morgan fingerprint density at radius 1 is 1.35 bits per heavy atom. The van der Waals surface area contributed by atoms with Gasteiger partial charge in [0.25, 0.3) is 5.56 Å². The molecule has 0 radical (unpaired) electrons. The van der Waals surface area contributed by atoms with Gasteiger partial charge in [-0.2, -0.15) is 0 Å². The zero-order valence-electron chi connectivity index (χ0n) is 10.6. The predicted molar refractivity (Wildman–Crippen MR) is 75.2 cm³/mol. The summed E-state index contributed by atoms with van der Waals surface area (Å²) in [4.78, 5) is 29.6. The number of nitrogens with zero attached hydrogens (tertiary/aromatic N) is 1. The molecule has 0 aliphatic heterocycles. The number of nitrogens with one attached hydrogen (secondary N) is 2. The highest BCUT2D eigenvalue weighted by molar-refractivity contribution is 8.00. The number of rotatable bonds is 4. The second-order valence-corrected chi connectivity index (χ2v) is 5.32. The first-order valence-electron chi connectivity index (χ1n) is 5.83. The number of H-pyrrole nitrogens is 1. The van der Waals surface area contributed by atoms with Gasteiger partial charge in [-0.25, -0.2) is 9.37 Å². The van der Waals surface area contributed by atoms with Crippen molar-refractivity contribution in [2.24, 2.45) is 0 Å². The molecule has 0 aliphatic carbocycles. The van der Waals surface area contributed by atoms with E-state index in [1.165, 1.54) is 36.5 Å². The molecule has 0 bridgehead atoms. The summed E-state index contributed by atoms with van der Waals surface area (Å²) in [6.45, 7) is 1.69. The van der Waals surface area contributed by atoms with Crippen LogP contribution in [0.15, 0.2) is 46.5 Å². The summed E-state index contributed by atoms with van der Waals surface area (Å²) < 4.78 is 12.7. The molecule has 1 amide bonds. The molecular formula is C13H12FN3O2S. The van der Waals surface area contributed by atoms with E-state index >= 15 is 0 Å². The number of carbonyl (C=O) groups excluding carboxylic acids is 1. The van der Waals surface area contributed by atoms with Crippen LogP contribution in [0, 0.1) is 5.82 Å². The van der Waals surface area contributed by atoms with Crippen LogP contribution in [0.5, 0.6) is 0 Å². The first kappa shape index (κ1) is 14.3. The normalized spacial score (nSPS) is 11.9. The van der Waals surface area contributed by atoms with Gasteiger partial charge in [0.05, 0.1) is 5.25 Å². The number of aromatic nitrogens is 2. The average molecular weight is 293 g/mol. The van der Waals surface area contributed by atoms with E-state index in [9.17, 15) is 14.0 Å². The Balaban J connectivity index is 1.98. The number of thioether (sulfide) groups is 1. The van der Waals surface area contributed by atoms with Gasteiger partial charge in [-0.3, -0.25) is 9.59 Å². The minimum atomic E-state index is -0.453. The smallest absolute Gasteiger partial charge is 0.251 e. The van der Waals surface area contributed by atoms with Crippen molar-refractivity contribution < 1.29 is 9.18 Å². The van der Waals surface area contributed by atoms with Crippen molar-refractivity contribution in [2.45, 2.75) is 17.3 Å². The minimum Gasteiger partial charge on any atom is -0.325 e. The Kier molecular flexibility index (Phi) is 4.52. The first-order valence-corrected chi connectivity index (χ1v) is 6.71. The van der Waals surface area contributed by atoms with Crippen LogP contribution in [-0.4, -0.2) is 21.1 Å². The fourth-order valence-corrected chi connectivity index (χ4v) is 2.19. The maximum atomic E-state index is 12.7. The van der Waals surface area contributed by atoms with Crippen LogP contribution in [0.4, 0.5) is 10.1 Å². The van der Waals surface area contributed by atoms with Crippen molar-refractivity contribution in [1.29, 1.82) is 0 Å². The summed E-state index contributed by atoms with van der Waals surface area (Å²) in [5.74, 6) is -0.621. The number of hydrogen-bond donors (Lipinski definition) is 2. The number of benzene rings is 1. The third-order valence-electron chi connectivity index (χ3n) is 2.42. The van der Waals surface area contributed by atoms with Gasteiger partial charge in [0, 0.05) is 18.0 Å². The summed E-state index contributed by atoms with van der Waals surface area (Å²) in [6, 6.07) is 6.79. The van der Waals surface area contributed by atoms with Crippen molar-refractivity contribution >= 4 is 23.4 Å². The highest BCUT2D eigenvalue weighted by Crippen LogP contribution is 2.19. The van der Waals surface area contributed by atoms with Crippen LogP contribution in [0.2, 0.25) is 0 Å². The maximum absolute atomic E-state index is 12.7. The molecule has 1 aromatic carbocycles. The number of amides is 1. The van der Waals surface area contributed by atoms with Gasteiger partial charge in [-0.1, -0.05) is 11.8 Å². The van der Waals surface area contributed by atoms with Gasteiger partial charge in [-0.15, -0.1) is 0 Å². The Bertz CT molecular complexity index is 657. The van der Waals surface area contributed by atoms with E-state index in [-0.39, 0.29) is 17.3 Å². The monoisotopic (exact) mass is 293 g/mol. The Hall–Kier alpha value is -2.15. The van der Waals surface area contributed by atoms with Crippen molar-refractivity contribution in [1.82, 2.24) is 9.97 Å². The molecule has 2 N–H and O–H groups in total. The van der Waals surface area contributed by atoms with Gasteiger partial charge in [0.2, 0.25) is 5.91 Å². The molecule has 0 saturated heterocycles. The molecule has 0 spiro atoms. The quantitative estimate of drug-likeness (QED) is 0.668. The lowest BCUT2D eigenvalue weighted by molar-refractivity contribution is -0.115. The standard InChI is InChI=1S/C13H12FN3O2S/c1-8(20-13-15-7-6-11(18)17-13)12(19)16-10-4-2-9(14)3-5-10/h2-8H,1H3,(H,16,19)(H,15,17,18). The zero-order valence-corrected chi connectivity index (χ0v) is 11.4. The average Bonchev–Trinajstić information content (AvgIpc) is 2.41. The molecule has 7 heteroatoms. The Labute approximate surface area is 118 Å². The van der Waals surface area contributed by atoms with Crippen molar-refractivity contribution in [2.75, 3.05) is 5.32 Å². The molecule has 0 saturated carbocycles. The highest BCUT2D eigenvalue weighted by Gasteiger charge is 2.15.